The Labute approximate surface area is 118 Å². The van der Waals surface area contributed by atoms with Crippen LogP contribution in [0.25, 0.3) is 0 Å². The second-order valence-corrected chi connectivity index (χ2v) is 6.21. The number of hydrogen-bond acceptors (Lipinski definition) is 2. The van der Waals surface area contributed by atoms with Crippen LogP contribution in [-0.4, -0.2) is 17.3 Å². The van der Waals surface area contributed by atoms with E-state index < -0.39 is 5.60 Å². The molecule has 0 saturated heterocycles. The van der Waals surface area contributed by atoms with Crippen LogP contribution in [0.5, 0.6) is 0 Å². The Hall–Kier alpha value is -0.540. The molecular weight excluding hydrogens is 290 g/mol. The zero-order chi connectivity index (χ0) is 13.0. The molecule has 1 aliphatic rings. The quantitative estimate of drug-likeness (QED) is 0.876. The van der Waals surface area contributed by atoms with Crippen molar-refractivity contribution >= 4 is 21.6 Å². The van der Waals surface area contributed by atoms with Gasteiger partial charge in [-0.3, -0.25) is 0 Å². The Morgan fingerprint density at radius 2 is 2.00 bits per heavy atom. The predicted molar refractivity (Wildman–Crippen MR) is 80.0 cm³/mol. The first-order valence-electron chi connectivity index (χ1n) is 6.88. The summed E-state index contributed by atoms with van der Waals surface area (Å²) in [6, 6.07) is 6.29. The summed E-state index contributed by atoms with van der Waals surface area (Å²) in [6.07, 6.45) is 6.43. The molecule has 1 saturated carbocycles. The van der Waals surface area contributed by atoms with Crippen LogP contribution in [0, 0.1) is 0 Å². The second-order valence-electron chi connectivity index (χ2n) is 5.29. The fourth-order valence-electron chi connectivity index (χ4n) is 2.67. The fraction of sp³-hybridized carbons (Fsp3) is 0.600. The van der Waals surface area contributed by atoms with Gasteiger partial charge in [-0.25, -0.2) is 0 Å². The van der Waals surface area contributed by atoms with E-state index in [-0.39, 0.29) is 0 Å². The van der Waals surface area contributed by atoms with Crippen LogP contribution in [-0.2, 0) is 6.42 Å². The van der Waals surface area contributed by atoms with E-state index in [0.717, 1.165) is 42.3 Å². The van der Waals surface area contributed by atoms with Gasteiger partial charge in [0.25, 0.3) is 0 Å². The zero-order valence-electron chi connectivity index (χ0n) is 11.0. The zero-order valence-corrected chi connectivity index (χ0v) is 12.6. The average Bonchev–Trinajstić information content (AvgIpc) is 2.38. The van der Waals surface area contributed by atoms with Crippen molar-refractivity contribution in [2.75, 3.05) is 11.9 Å². The van der Waals surface area contributed by atoms with Crippen LogP contribution in [0.15, 0.2) is 22.7 Å². The average molecular weight is 312 g/mol. The van der Waals surface area contributed by atoms with Crippen molar-refractivity contribution < 1.29 is 5.11 Å². The molecule has 2 N–H and O–H groups in total. The Balaban J connectivity index is 2.01. The molecule has 0 radical (unpaired) electrons. The monoisotopic (exact) mass is 311 g/mol. The number of nitrogens with one attached hydrogen (secondary N) is 1. The highest BCUT2D eigenvalue weighted by Gasteiger charge is 2.28. The maximum atomic E-state index is 10.5. The predicted octanol–water partition coefficient (Wildman–Crippen LogP) is 4.12. The molecule has 0 aromatic heterocycles. The number of aliphatic hydroxyl groups is 1. The minimum absolute atomic E-state index is 0.504. The van der Waals surface area contributed by atoms with Gasteiger partial charge in [-0.1, -0.05) is 42.1 Å². The van der Waals surface area contributed by atoms with Crippen molar-refractivity contribution in [3.8, 4) is 0 Å². The van der Waals surface area contributed by atoms with Gasteiger partial charge in [-0.05, 0) is 43.0 Å². The third-order valence-electron chi connectivity index (χ3n) is 3.84. The maximum Gasteiger partial charge on any atom is 0.0819 e. The van der Waals surface area contributed by atoms with Crippen LogP contribution >= 0.6 is 15.9 Å². The molecule has 18 heavy (non-hydrogen) atoms. The van der Waals surface area contributed by atoms with Crippen LogP contribution in [0.3, 0.4) is 0 Å². The van der Waals surface area contributed by atoms with Gasteiger partial charge in [0, 0.05) is 16.7 Å². The molecule has 0 aliphatic heterocycles. The summed E-state index contributed by atoms with van der Waals surface area (Å²) in [5.74, 6) is 0. The Kier molecular flexibility index (Phi) is 4.68. The molecule has 0 spiro atoms. The van der Waals surface area contributed by atoms with Crippen molar-refractivity contribution in [2.45, 2.75) is 51.0 Å². The minimum atomic E-state index is -0.504. The third-order valence-corrected chi connectivity index (χ3v) is 4.33. The van der Waals surface area contributed by atoms with Gasteiger partial charge in [-0.2, -0.15) is 0 Å². The van der Waals surface area contributed by atoms with Crippen molar-refractivity contribution in [3.05, 3.63) is 28.2 Å². The van der Waals surface area contributed by atoms with Gasteiger partial charge in [0.05, 0.1) is 5.60 Å². The highest BCUT2D eigenvalue weighted by Crippen LogP contribution is 2.29. The van der Waals surface area contributed by atoms with Crippen LogP contribution in [0.4, 0.5) is 5.69 Å². The van der Waals surface area contributed by atoms with E-state index >= 15 is 0 Å². The molecule has 0 amide bonds. The summed E-state index contributed by atoms with van der Waals surface area (Å²) in [5, 5.41) is 13.9. The van der Waals surface area contributed by atoms with Gasteiger partial charge in [0.1, 0.15) is 0 Å². The number of aryl methyl sites for hydroxylation is 1. The lowest BCUT2D eigenvalue weighted by atomic mass is 9.85. The second kappa shape index (κ2) is 6.07. The summed E-state index contributed by atoms with van der Waals surface area (Å²) in [5.41, 5.74) is 1.94. The Morgan fingerprint density at radius 1 is 1.28 bits per heavy atom. The van der Waals surface area contributed by atoms with Crippen molar-refractivity contribution in [1.29, 1.82) is 0 Å². The van der Waals surface area contributed by atoms with Gasteiger partial charge >= 0.3 is 0 Å². The number of rotatable bonds is 4. The number of benzene rings is 1. The summed E-state index contributed by atoms with van der Waals surface area (Å²) in [6.45, 7) is 2.82. The number of halogens is 1. The molecule has 1 fully saturated rings. The molecule has 0 atom stereocenters. The summed E-state index contributed by atoms with van der Waals surface area (Å²) in [4.78, 5) is 0. The molecule has 2 nitrogen and oxygen atoms in total. The van der Waals surface area contributed by atoms with E-state index in [9.17, 15) is 5.11 Å². The lowest BCUT2D eigenvalue weighted by Crippen LogP contribution is -2.38. The maximum absolute atomic E-state index is 10.5. The van der Waals surface area contributed by atoms with E-state index in [1.807, 2.05) is 6.07 Å². The lowest BCUT2D eigenvalue weighted by molar-refractivity contribution is 0.0167. The molecule has 3 heteroatoms. The standard InChI is InChI=1S/C15H22BrNO/c1-2-12-10-13(16)6-7-14(12)17-11-15(18)8-4-3-5-9-15/h6-7,10,17-18H,2-5,8-9,11H2,1H3. The first kappa shape index (κ1) is 13.9. The largest absolute Gasteiger partial charge is 0.388 e. The lowest BCUT2D eigenvalue weighted by Gasteiger charge is -2.32. The van der Waals surface area contributed by atoms with Crippen molar-refractivity contribution in [3.63, 3.8) is 0 Å². The summed E-state index contributed by atoms with van der Waals surface area (Å²) < 4.78 is 1.11. The molecular formula is C15H22BrNO. The fourth-order valence-corrected chi connectivity index (χ4v) is 3.08. The van der Waals surface area contributed by atoms with Gasteiger partial charge < -0.3 is 10.4 Å². The van der Waals surface area contributed by atoms with E-state index in [4.69, 9.17) is 0 Å². The molecule has 0 bridgehead atoms. The van der Waals surface area contributed by atoms with E-state index in [1.54, 1.807) is 0 Å². The molecule has 0 heterocycles. The highest BCUT2D eigenvalue weighted by molar-refractivity contribution is 9.10. The van der Waals surface area contributed by atoms with Crippen molar-refractivity contribution in [2.24, 2.45) is 0 Å². The Morgan fingerprint density at radius 3 is 2.67 bits per heavy atom. The van der Waals surface area contributed by atoms with Crippen LogP contribution in [0.2, 0.25) is 0 Å². The molecule has 100 valence electrons. The minimum Gasteiger partial charge on any atom is -0.388 e. The van der Waals surface area contributed by atoms with Gasteiger partial charge in [0.15, 0.2) is 0 Å². The smallest absolute Gasteiger partial charge is 0.0819 e. The number of hydrogen-bond donors (Lipinski definition) is 2. The van der Waals surface area contributed by atoms with Gasteiger partial charge in [0.2, 0.25) is 0 Å². The van der Waals surface area contributed by atoms with Crippen molar-refractivity contribution in [1.82, 2.24) is 0 Å². The normalized spacial score (nSPS) is 18.6. The Bertz CT molecular complexity index is 399. The molecule has 2 rings (SSSR count). The summed E-state index contributed by atoms with van der Waals surface area (Å²) >= 11 is 3.50. The SMILES string of the molecule is CCc1cc(Br)ccc1NCC1(O)CCCCC1. The van der Waals surface area contributed by atoms with E-state index in [1.165, 1.54) is 12.0 Å². The van der Waals surface area contributed by atoms with E-state index in [0.29, 0.717) is 6.54 Å². The topological polar surface area (TPSA) is 32.3 Å². The summed E-state index contributed by atoms with van der Waals surface area (Å²) in [7, 11) is 0. The number of anilines is 1. The molecule has 0 unspecified atom stereocenters. The van der Waals surface area contributed by atoms with Crippen LogP contribution in [0.1, 0.15) is 44.6 Å². The highest BCUT2D eigenvalue weighted by atomic mass is 79.9. The molecule has 1 aromatic rings. The molecule has 1 aliphatic carbocycles. The first-order chi connectivity index (χ1) is 8.63. The molecule has 1 aromatic carbocycles. The first-order valence-corrected chi connectivity index (χ1v) is 7.67. The van der Waals surface area contributed by atoms with Crippen LogP contribution < -0.4 is 5.32 Å². The third kappa shape index (κ3) is 3.48. The van der Waals surface area contributed by atoms with E-state index in [2.05, 4.69) is 40.3 Å². The van der Waals surface area contributed by atoms with Gasteiger partial charge in [-0.15, -0.1) is 0 Å².